The summed E-state index contributed by atoms with van der Waals surface area (Å²) in [5.74, 6) is 0. The molecule has 0 bridgehead atoms. The smallest absolute Gasteiger partial charge is 0.111 e. The number of nitrogens with zero attached hydrogens (tertiary/aromatic N) is 3. The number of aliphatic hydroxyl groups excluding tert-OH is 5. The topological polar surface area (TPSA) is 150 Å². The van der Waals surface area contributed by atoms with Crippen LogP contribution in [0.2, 0.25) is 0 Å². The van der Waals surface area contributed by atoms with Crippen LogP contribution >= 0.6 is 0 Å². The molecule has 1 rings (SSSR count). The fourth-order valence-corrected chi connectivity index (χ4v) is 1.41. The number of hydrogen-bond acceptors (Lipinski definition) is 6. The standard InChI is InChI=1S/C6H11N3O5/c7-9-8-1-2(10)4(12)6(14)5(13)3(1)11/h1-6,10-14H/t1?,2-,3+,4+,5-,6?. The van der Waals surface area contributed by atoms with Crippen molar-refractivity contribution in [3.63, 3.8) is 0 Å². The summed E-state index contributed by atoms with van der Waals surface area (Å²) in [6.07, 6.45) is -8.16. The molecule has 80 valence electrons. The van der Waals surface area contributed by atoms with Crippen molar-refractivity contribution >= 4 is 0 Å². The molecule has 1 fully saturated rings. The first-order valence-electron chi connectivity index (χ1n) is 3.95. The molecule has 0 aromatic carbocycles. The van der Waals surface area contributed by atoms with Gasteiger partial charge in [0.2, 0.25) is 0 Å². The van der Waals surface area contributed by atoms with Crippen molar-refractivity contribution in [2.75, 3.05) is 0 Å². The second kappa shape index (κ2) is 4.09. The SMILES string of the molecule is [N-]=[N+]=NC1[C@@H](O)[C@H](O)C(O)[C@H](O)[C@H]1O. The zero-order chi connectivity index (χ0) is 10.9. The molecule has 0 aromatic rings. The normalized spacial score (nSPS) is 48.4. The minimum absolute atomic E-state index is 1.37. The monoisotopic (exact) mass is 205 g/mol. The lowest BCUT2D eigenvalue weighted by Gasteiger charge is -2.39. The maximum Gasteiger partial charge on any atom is 0.111 e. The van der Waals surface area contributed by atoms with E-state index < -0.39 is 36.6 Å². The second-order valence-electron chi connectivity index (χ2n) is 3.15. The molecule has 6 atom stereocenters. The molecule has 0 radical (unpaired) electrons. The Morgan fingerprint density at radius 1 is 0.786 bits per heavy atom. The van der Waals surface area contributed by atoms with Gasteiger partial charge in [-0.05, 0) is 5.53 Å². The van der Waals surface area contributed by atoms with Crippen LogP contribution in [-0.4, -0.2) is 62.1 Å². The first kappa shape index (κ1) is 11.2. The van der Waals surface area contributed by atoms with Crippen molar-refractivity contribution < 1.29 is 25.5 Å². The fourth-order valence-electron chi connectivity index (χ4n) is 1.41. The third kappa shape index (κ3) is 1.67. The molecule has 0 amide bonds. The van der Waals surface area contributed by atoms with E-state index in [-0.39, 0.29) is 0 Å². The molecule has 5 N–H and O–H groups in total. The van der Waals surface area contributed by atoms with Crippen molar-refractivity contribution in [3.8, 4) is 0 Å². The lowest BCUT2D eigenvalue weighted by Crippen LogP contribution is -2.62. The van der Waals surface area contributed by atoms with Gasteiger partial charge in [-0.1, -0.05) is 5.11 Å². The van der Waals surface area contributed by atoms with Crippen LogP contribution in [0.25, 0.3) is 10.4 Å². The highest BCUT2D eigenvalue weighted by molar-refractivity contribution is 5.02. The Morgan fingerprint density at radius 2 is 1.14 bits per heavy atom. The zero-order valence-electron chi connectivity index (χ0n) is 7.04. The van der Waals surface area contributed by atoms with Crippen molar-refractivity contribution in [3.05, 3.63) is 10.4 Å². The van der Waals surface area contributed by atoms with Gasteiger partial charge in [-0.3, -0.25) is 0 Å². The van der Waals surface area contributed by atoms with Crippen LogP contribution in [0.1, 0.15) is 0 Å². The van der Waals surface area contributed by atoms with E-state index in [9.17, 15) is 20.4 Å². The summed E-state index contributed by atoms with van der Waals surface area (Å²) < 4.78 is 0. The highest BCUT2D eigenvalue weighted by Crippen LogP contribution is 2.23. The average molecular weight is 205 g/mol. The van der Waals surface area contributed by atoms with Gasteiger partial charge >= 0.3 is 0 Å². The number of rotatable bonds is 1. The molecular weight excluding hydrogens is 194 g/mol. The molecule has 0 aromatic heterocycles. The Kier molecular flexibility index (Phi) is 3.27. The second-order valence-corrected chi connectivity index (χ2v) is 3.15. The van der Waals surface area contributed by atoms with Gasteiger partial charge in [-0.25, -0.2) is 0 Å². The van der Waals surface area contributed by atoms with Crippen LogP contribution in [-0.2, 0) is 0 Å². The van der Waals surface area contributed by atoms with E-state index in [2.05, 4.69) is 10.0 Å². The Hall–Kier alpha value is -0.890. The van der Waals surface area contributed by atoms with Crippen LogP contribution < -0.4 is 0 Å². The van der Waals surface area contributed by atoms with E-state index in [1.165, 1.54) is 0 Å². The van der Waals surface area contributed by atoms with Gasteiger partial charge in [-0.2, -0.15) is 0 Å². The molecule has 2 unspecified atom stereocenters. The van der Waals surface area contributed by atoms with Crippen molar-refractivity contribution in [2.24, 2.45) is 5.11 Å². The Bertz CT molecular complexity index is 240. The Morgan fingerprint density at radius 3 is 1.50 bits per heavy atom. The predicted octanol–water partition coefficient (Wildman–Crippen LogP) is -2.52. The maximum absolute atomic E-state index is 9.28. The van der Waals surface area contributed by atoms with E-state index in [0.717, 1.165) is 0 Å². The fraction of sp³-hybridized carbons (Fsp3) is 1.00. The van der Waals surface area contributed by atoms with Crippen LogP contribution in [0, 0.1) is 0 Å². The van der Waals surface area contributed by atoms with Gasteiger partial charge < -0.3 is 25.5 Å². The predicted molar refractivity (Wildman–Crippen MR) is 43.0 cm³/mol. The van der Waals surface area contributed by atoms with Gasteiger partial charge in [0.15, 0.2) is 0 Å². The molecule has 14 heavy (non-hydrogen) atoms. The third-order valence-electron chi connectivity index (χ3n) is 2.28. The van der Waals surface area contributed by atoms with Crippen molar-refractivity contribution in [1.29, 1.82) is 0 Å². The van der Waals surface area contributed by atoms with Crippen LogP contribution in [0.15, 0.2) is 5.11 Å². The molecule has 0 heterocycles. The lowest BCUT2D eigenvalue weighted by molar-refractivity contribution is -0.184. The molecule has 8 heteroatoms. The van der Waals surface area contributed by atoms with E-state index in [1.54, 1.807) is 0 Å². The Balaban J connectivity index is 2.91. The molecule has 0 saturated heterocycles. The quantitative estimate of drug-likeness (QED) is 0.182. The molecule has 8 nitrogen and oxygen atoms in total. The van der Waals surface area contributed by atoms with Crippen molar-refractivity contribution in [1.82, 2.24) is 0 Å². The third-order valence-corrected chi connectivity index (χ3v) is 2.28. The molecule has 1 aliphatic carbocycles. The van der Waals surface area contributed by atoms with E-state index in [4.69, 9.17) is 10.6 Å². The highest BCUT2D eigenvalue weighted by Gasteiger charge is 2.47. The summed E-state index contributed by atoms with van der Waals surface area (Å²) >= 11 is 0. The number of hydrogen-bond donors (Lipinski definition) is 5. The Labute approximate surface area is 78.7 Å². The van der Waals surface area contributed by atoms with Gasteiger partial charge in [0.1, 0.15) is 18.3 Å². The van der Waals surface area contributed by atoms with Crippen molar-refractivity contribution in [2.45, 2.75) is 36.6 Å². The van der Waals surface area contributed by atoms with Gasteiger partial charge in [0.25, 0.3) is 0 Å². The molecule has 1 saturated carbocycles. The van der Waals surface area contributed by atoms with E-state index >= 15 is 0 Å². The maximum atomic E-state index is 9.28. The first-order chi connectivity index (χ1) is 6.50. The first-order valence-corrected chi connectivity index (χ1v) is 3.95. The summed E-state index contributed by atoms with van der Waals surface area (Å²) in [7, 11) is 0. The minimum atomic E-state index is -1.66. The highest BCUT2D eigenvalue weighted by atomic mass is 16.4. The number of aliphatic hydroxyl groups is 5. The molecule has 1 aliphatic rings. The summed E-state index contributed by atoms with van der Waals surface area (Å²) in [5.41, 5.74) is 8.10. The van der Waals surface area contributed by atoms with Crippen LogP contribution in [0.4, 0.5) is 0 Å². The van der Waals surface area contributed by atoms with E-state index in [1.807, 2.05) is 0 Å². The lowest BCUT2D eigenvalue weighted by atomic mass is 9.84. The largest absolute Gasteiger partial charge is 0.390 e. The summed E-state index contributed by atoms with van der Waals surface area (Å²) in [6, 6.07) is -1.37. The van der Waals surface area contributed by atoms with Crippen LogP contribution in [0.3, 0.4) is 0 Å². The zero-order valence-corrected chi connectivity index (χ0v) is 7.04. The summed E-state index contributed by atoms with van der Waals surface area (Å²) in [5, 5.41) is 49.1. The molecule has 0 spiro atoms. The average Bonchev–Trinajstić information content (AvgIpc) is 2.19. The molecule has 0 aliphatic heterocycles. The van der Waals surface area contributed by atoms with Gasteiger partial charge in [-0.15, -0.1) is 0 Å². The van der Waals surface area contributed by atoms with Gasteiger partial charge in [0, 0.05) is 4.91 Å². The summed E-state index contributed by atoms with van der Waals surface area (Å²) in [4.78, 5) is 2.36. The van der Waals surface area contributed by atoms with Crippen LogP contribution in [0.5, 0.6) is 0 Å². The molecular formula is C6H11N3O5. The summed E-state index contributed by atoms with van der Waals surface area (Å²) in [6.45, 7) is 0. The number of azide groups is 1. The van der Waals surface area contributed by atoms with E-state index in [0.29, 0.717) is 0 Å². The minimum Gasteiger partial charge on any atom is -0.390 e. The van der Waals surface area contributed by atoms with Gasteiger partial charge in [0.05, 0.1) is 18.2 Å².